The average Bonchev–Trinajstić information content (AvgIpc) is 2.32. The zero-order valence-electron chi connectivity index (χ0n) is 7.98. The molecule has 0 N–H and O–H groups in total. The number of hydrogen-bond donors (Lipinski definition) is 0. The summed E-state index contributed by atoms with van der Waals surface area (Å²) < 4.78 is 24.1. The van der Waals surface area contributed by atoms with Crippen LogP contribution in [0.2, 0.25) is 0 Å². The molecule has 1 aromatic heterocycles. The first-order chi connectivity index (χ1) is 5.96. The summed E-state index contributed by atoms with van der Waals surface area (Å²) in [5.74, 6) is 0.641. The molecule has 1 aromatic rings. The molecule has 6 heteroatoms. The van der Waals surface area contributed by atoms with E-state index in [9.17, 15) is 8.42 Å². The summed E-state index contributed by atoms with van der Waals surface area (Å²) >= 11 is 0. The average molecular weight is 203 g/mol. The van der Waals surface area contributed by atoms with E-state index in [1.54, 1.807) is 11.5 Å². The van der Waals surface area contributed by atoms with Gasteiger partial charge < -0.3 is 4.57 Å². The number of nitrogens with zero attached hydrogens (tertiary/aromatic N) is 3. The standard InChI is InChI=1S/C7H13N3O2S/c1-4-5-10-6(2)8-9-7(10)13(3,11)12/h4-5H2,1-3H3. The predicted octanol–water partition coefficient (Wildman–Crippen LogP) is 0.400. The van der Waals surface area contributed by atoms with Crippen molar-refractivity contribution in [3.63, 3.8) is 0 Å². The molecule has 0 aromatic carbocycles. The third kappa shape index (κ3) is 2.06. The normalized spacial score (nSPS) is 11.9. The Morgan fingerprint density at radius 3 is 2.46 bits per heavy atom. The molecule has 0 aliphatic heterocycles. The molecule has 0 unspecified atom stereocenters. The van der Waals surface area contributed by atoms with E-state index in [0.717, 1.165) is 12.7 Å². The minimum absolute atomic E-state index is 0.0619. The van der Waals surface area contributed by atoms with Gasteiger partial charge in [-0.05, 0) is 13.3 Å². The molecule has 0 aliphatic carbocycles. The Morgan fingerprint density at radius 1 is 1.38 bits per heavy atom. The molecule has 0 bridgehead atoms. The van der Waals surface area contributed by atoms with Crippen LogP contribution in [-0.4, -0.2) is 29.4 Å². The van der Waals surface area contributed by atoms with E-state index in [1.807, 2.05) is 6.92 Å². The summed E-state index contributed by atoms with van der Waals surface area (Å²) in [6, 6.07) is 0. The first-order valence-corrected chi connectivity index (χ1v) is 5.95. The smallest absolute Gasteiger partial charge is 0.249 e. The largest absolute Gasteiger partial charge is 0.302 e. The topological polar surface area (TPSA) is 64.8 Å². The van der Waals surface area contributed by atoms with Crippen molar-refractivity contribution in [2.24, 2.45) is 0 Å². The van der Waals surface area contributed by atoms with Crippen molar-refractivity contribution in [2.75, 3.05) is 6.26 Å². The molecular formula is C7H13N3O2S. The summed E-state index contributed by atoms with van der Waals surface area (Å²) in [6.45, 7) is 4.37. The molecule has 0 saturated carbocycles. The molecular weight excluding hydrogens is 190 g/mol. The van der Waals surface area contributed by atoms with Gasteiger partial charge in [0.15, 0.2) is 0 Å². The van der Waals surface area contributed by atoms with Crippen molar-refractivity contribution in [2.45, 2.75) is 32.0 Å². The van der Waals surface area contributed by atoms with Crippen LogP contribution in [0.15, 0.2) is 5.16 Å². The predicted molar refractivity (Wildman–Crippen MR) is 48.2 cm³/mol. The molecule has 0 aliphatic rings. The molecule has 0 fully saturated rings. The highest BCUT2D eigenvalue weighted by atomic mass is 32.2. The monoisotopic (exact) mass is 203 g/mol. The van der Waals surface area contributed by atoms with E-state index < -0.39 is 9.84 Å². The van der Waals surface area contributed by atoms with Gasteiger partial charge in [0.1, 0.15) is 5.82 Å². The van der Waals surface area contributed by atoms with E-state index in [4.69, 9.17) is 0 Å². The number of rotatable bonds is 3. The van der Waals surface area contributed by atoms with Gasteiger partial charge in [0.2, 0.25) is 15.0 Å². The van der Waals surface area contributed by atoms with Gasteiger partial charge in [-0.25, -0.2) is 8.42 Å². The summed E-state index contributed by atoms with van der Waals surface area (Å²) in [4.78, 5) is 0. The van der Waals surface area contributed by atoms with Crippen LogP contribution < -0.4 is 0 Å². The van der Waals surface area contributed by atoms with Crippen LogP contribution in [0, 0.1) is 6.92 Å². The van der Waals surface area contributed by atoms with Gasteiger partial charge in [0.05, 0.1) is 0 Å². The maximum Gasteiger partial charge on any atom is 0.249 e. The molecule has 1 heterocycles. The Kier molecular flexibility index (Phi) is 2.70. The Balaban J connectivity index is 3.23. The summed E-state index contributed by atoms with van der Waals surface area (Å²) in [6.07, 6.45) is 2.00. The van der Waals surface area contributed by atoms with E-state index in [2.05, 4.69) is 10.2 Å². The minimum Gasteiger partial charge on any atom is -0.302 e. The lowest BCUT2D eigenvalue weighted by atomic mass is 10.5. The van der Waals surface area contributed by atoms with Crippen LogP contribution in [0.3, 0.4) is 0 Å². The highest BCUT2D eigenvalue weighted by Gasteiger charge is 2.17. The van der Waals surface area contributed by atoms with E-state index in [-0.39, 0.29) is 5.16 Å². The van der Waals surface area contributed by atoms with Crippen molar-refractivity contribution >= 4 is 9.84 Å². The third-order valence-electron chi connectivity index (χ3n) is 1.68. The Morgan fingerprint density at radius 2 is 2.00 bits per heavy atom. The Hall–Kier alpha value is -0.910. The zero-order chi connectivity index (χ0) is 10.1. The second-order valence-electron chi connectivity index (χ2n) is 2.95. The van der Waals surface area contributed by atoms with Crippen molar-refractivity contribution in [1.29, 1.82) is 0 Å². The minimum atomic E-state index is -3.25. The van der Waals surface area contributed by atoms with Crippen LogP contribution in [0.5, 0.6) is 0 Å². The van der Waals surface area contributed by atoms with Gasteiger partial charge in [-0.15, -0.1) is 10.2 Å². The van der Waals surface area contributed by atoms with Gasteiger partial charge in [-0.3, -0.25) is 0 Å². The molecule has 74 valence electrons. The zero-order valence-corrected chi connectivity index (χ0v) is 8.80. The van der Waals surface area contributed by atoms with Crippen molar-refractivity contribution in [3.05, 3.63) is 5.82 Å². The molecule has 0 atom stereocenters. The maximum atomic E-state index is 11.2. The van der Waals surface area contributed by atoms with Crippen LogP contribution >= 0.6 is 0 Å². The quantitative estimate of drug-likeness (QED) is 0.713. The van der Waals surface area contributed by atoms with Gasteiger partial charge in [-0.1, -0.05) is 6.92 Å². The fourth-order valence-electron chi connectivity index (χ4n) is 1.12. The third-order valence-corrected chi connectivity index (χ3v) is 2.65. The van der Waals surface area contributed by atoms with E-state index in [0.29, 0.717) is 12.4 Å². The van der Waals surface area contributed by atoms with Gasteiger partial charge >= 0.3 is 0 Å². The van der Waals surface area contributed by atoms with Crippen molar-refractivity contribution < 1.29 is 8.42 Å². The first kappa shape index (κ1) is 10.2. The summed E-state index contributed by atoms with van der Waals surface area (Å²) in [5, 5.41) is 7.43. The lowest BCUT2D eigenvalue weighted by Crippen LogP contribution is -2.10. The number of sulfone groups is 1. The number of aryl methyl sites for hydroxylation is 1. The van der Waals surface area contributed by atoms with Crippen LogP contribution in [0.1, 0.15) is 19.2 Å². The summed E-state index contributed by atoms with van der Waals surface area (Å²) in [7, 11) is -3.25. The lowest BCUT2D eigenvalue weighted by Gasteiger charge is -2.04. The molecule has 5 nitrogen and oxygen atoms in total. The lowest BCUT2D eigenvalue weighted by molar-refractivity contribution is 0.556. The molecule has 0 radical (unpaired) electrons. The summed E-state index contributed by atoms with van der Waals surface area (Å²) in [5.41, 5.74) is 0. The van der Waals surface area contributed by atoms with Crippen molar-refractivity contribution in [1.82, 2.24) is 14.8 Å². The molecule has 0 amide bonds. The van der Waals surface area contributed by atoms with E-state index >= 15 is 0 Å². The molecule has 0 saturated heterocycles. The highest BCUT2D eigenvalue weighted by Crippen LogP contribution is 2.08. The first-order valence-electron chi connectivity index (χ1n) is 4.06. The van der Waals surface area contributed by atoms with Crippen LogP contribution in [-0.2, 0) is 16.4 Å². The van der Waals surface area contributed by atoms with Gasteiger partial charge in [0, 0.05) is 12.8 Å². The SMILES string of the molecule is CCCn1c(C)nnc1S(C)(=O)=O. The molecule has 13 heavy (non-hydrogen) atoms. The Bertz CT molecular complexity index is 394. The van der Waals surface area contributed by atoms with E-state index in [1.165, 1.54) is 0 Å². The second-order valence-corrected chi connectivity index (χ2v) is 4.86. The van der Waals surface area contributed by atoms with Crippen molar-refractivity contribution in [3.8, 4) is 0 Å². The van der Waals surface area contributed by atoms with Gasteiger partial charge in [-0.2, -0.15) is 0 Å². The van der Waals surface area contributed by atoms with Crippen LogP contribution in [0.25, 0.3) is 0 Å². The fraction of sp³-hybridized carbons (Fsp3) is 0.714. The Labute approximate surface area is 77.7 Å². The molecule has 0 spiro atoms. The second kappa shape index (κ2) is 3.45. The fourth-order valence-corrected chi connectivity index (χ4v) is 1.93. The highest BCUT2D eigenvalue weighted by molar-refractivity contribution is 7.90. The number of hydrogen-bond acceptors (Lipinski definition) is 4. The number of aromatic nitrogens is 3. The molecule has 1 rings (SSSR count). The van der Waals surface area contributed by atoms with Crippen LogP contribution in [0.4, 0.5) is 0 Å². The van der Waals surface area contributed by atoms with Gasteiger partial charge in [0.25, 0.3) is 0 Å². The maximum absolute atomic E-state index is 11.2.